The smallest absolute Gasteiger partial charge is 0.287 e. The Kier molecular flexibility index (Phi) is 7.74. The van der Waals surface area contributed by atoms with E-state index in [1.165, 1.54) is 7.11 Å². The molecular weight excluding hydrogens is 370 g/mol. The molecule has 0 saturated carbocycles. The molecule has 1 fully saturated rings. The van der Waals surface area contributed by atoms with Crippen LogP contribution in [0.25, 0.3) is 0 Å². The third kappa shape index (κ3) is 5.19. The van der Waals surface area contributed by atoms with E-state index < -0.39 is 36.9 Å². The number of aliphatic hydroxyl groups is 1. The summed E-state index contributed by atoms with van der Waals surface area (Å²) in [5.41, 5.74) is 0.684. The summed E-state index contributed by atoms with van der Waals surface area (Å²) in [5, 5.41) is 11.0. The molecule has 6 nitrogen and oxygen atoms in total. The highest BCUT2D eigenvalue weighted by Crippen LogP contribution is 2.40. The molecule has 2 rings (SSSR count). The van der Waals surface area contributed by atoms with Crippen molar-refractivity contribution in [2.45, 2.75) is 44.6 Å². The second kappa shape index (κ2) is 9.82. The van der Waals surface area contributed by atoms with Crippen LogP contribution in [0.4, 0.5) is 8.78 Å². The minimum atomic E-state index is -3.39. The Bertz CT molecular complexity index is 684. The summed E-state index contributed by atoms with van der Waals surface area (Å²) < 4.78 is 32.2. The fourth-order valence-electron chi connectivity index (χ4n) is 3.52. The van der Waals surface area contributed by atoms with Crippen molar-refractivity contribution in [3.8, 4) is 5.75 Å². The van der Waals surface area contributed by atoms with Crippen molar-refractivity contribution in [3.05, 3.63) is 29.8 Å². The molecular formula is C20H28F2N2O4. The second-order valence-electron chi connectivity index (χ2n) is 7.00. The van der Waals surface area contributed by atoms with Gasteiger partial charge in [-0.05, 0) is 18.9 Å². The van der Waals surface area contributed by atoms with Crippen molar-refractivity contribution in [1.29, 1.82) is 0 Å². The first-order chi connectivity index (χ1) is 13.3. The summed E-state index contributed by atoms with van der Waals surface area (Å²) >= 11 is 0. The number of unbranched alkanes of at least 4 members (excludes halogenated alkanes) is 1. The first-order valence-electron chi connectivity index (χ1n) is 9.53. The lowest BCUT2D eigenvalue weighted by Crippen LogP contribution is -2.50. The largest absolute Gasteiger partial charge is 0.496 e. The Morgan fingerprint density at radius 2 is 2.11 bits per heavy atom. The van der Waals surface area contributed by atoms with Crippen molar-refractivity contribution in [3.63, 3.8) is 0 Å². The second-order valence-corrected chi connectivity index (χ2v) is 7.00. The molecule has 156 valence electrons. The SMILES string of the molecule is CCCCN1C(=O)CCC(C(=O)NCC(F)(F)CO)C1c1ccccc1OC. The van der Waals surface area contributed by atoms with Crippen LogP contribution in [0.15, 0.2) is 24.3 Å². The molecule has 0 aliphatic carbocycles. The Hall–Kier alpha value is -2.22. The molecule has 8 heteroatoms. The van der Waals surface area contributed by atoms with Crippen LogP contribution in [-0.2, 0) is 9.59 Å². The van der Waals surface area contributed by atoms with Crippen LogP contribution in [0.1, 0.15) is 44.2 Å². The van der Waals surface area contributed by atoms with Gasteiger partial charge in [0.2, 0.25) is 11.8 Å². The highest BCUT2D eigenvalue weighted by atomic mass is 19.3. The average molecular weight is 398 g/mol. The van der Waals surface area contributed by atoms with Gasteiger partial charge in [-0.3, -0.25) is 9.59 Å². The normalized spacial score (nSPS) is 20.2. The number of nitrogens with zero attached hydrogens (tertiary/aromatic N) is 1. The summed E-state index contributed by atoms with van der Waals surface area (Å²) in [5.74, 6) is -4.14. The van der Waals surface area contributed by atoms with Crippen LogP contribution >= 0.6 is 0 Å². The lowest BCUT2D eigenvalue weighted by atomic mass is 9.83. The van der Waals surface area contributed by atoms with E-state index in [0.29, 0.717) is 17.9 Å². The summed E-state index contributed by atoms with van der Waals surface area (Å²) in [6, 6.07) is 6.54. The molecule has 2 N–H and O–H groups in total. The van der Waals surface area contributed by atoms with Crippen molar-refractivity contribution in [1.82, 2.24) is 10.2 Å². The van der Waals surface area contributed by atoms with Gasteiger partial charge in [0.1, 0.15) is 12.4 Å². The van der Waals surface area contributed by atoms with Gasteiger partial charge in [-0.25, -0.2) is 8.78 Å². The maximum atomic E-state index is 13.4. The number of hydrogen-bond acceptors (Lipinski definition) is 4. The average Bonchev–Trinajstić information content (AvgIpc) is 2.71. The number of likely N-dealkylation sites (tertiary alicyclic amines) is 1. The minimum Gasteiger partial charge on any atom is -0.496 e. The number of piperidine rings is 1. The summed E-state index contributed by atoms with van der Waals surface area (Å²) in [6.07, 6.45) is 2.10. The standard InChI is InChI=1S/C20H28F2N2O4/c1-3-4-11-24-17(26)10-9-15(19(27)23-12-20(21,22)13-25)18(24)14-7-5-6-8-16(14)28-2/h5-8,15,18,25H,3-4,9-13H2,1-2H3,(H,23,27). The number of carbonyl (C=O) groups excluding carboxylic acids is 2. The number of para-hydroxylation sites is 1. The molecule has 0 radical (unpaired) electrons. The highest BCUT2D eigenvalue weighted by Gasteiger charge is 2.42. The van der Waals surface area contributed by atoms with Gasteiger partial charge in [-0.1, -0.05) is 31.5 Å². The number of methoxy groups -OCH3 is 1. The zero-order valence-corrected chi connectivity index (χ0v) is 16.3. The summed E-state index contributed by atoms with van der Waals surface area (Å²) in [4.78, 5) is 27.0. The fourth-order valence-corrected chi connectivity index (χ4v) is 3.52. The van der Waals surface area contributed by atoms with Gasteiger partial charge in [0.05, 0.1) is 25.6 Å². The number of benzene rings is 1. The van der Waals surface area contributed by atoms with E-state index in [1.807, 2.05) is 6.92 Å². The zero-order chi connectivity index (χ0) is 20.7. The summed E-state index contributed by atoms with van der Waals surface area (Å²) in [7, 11) is 1.51. The number of nitrogens with one attached hydrogen (secondary N) is 1. The van der Waals surface area contributed by atoms with Gasteiger partial charge in [-0.15, -0.1) is 0 Å². The maximum Gasteiger partial charge on any atom is 0.287 e. The number of hydrogen-bond donors (Lipinski definition) is 2. The predicted molar refractivity (Wildman–Crippen MR) is 100 cm³/mol. The van der Waals surface area contributed by atoms with E-state index in [-0.39, 0.29) is 18.7 Å². The Balaban J connectivity index is 2.35. The number of alkyl halides is 2. The molecule has 2 atom stereocenters. The van der Waals surface area contributed by atoms with Gasteiger partial charge in [0.25, 0.3) is 5.92 Å². The molecule has 1 aromatic carbocycles. The van der Waals surface area contributed by atoms with Crippen LogP contribution in [0.3, 0.4) is 0 Å². The van der Waals surface area contributed by atoms with Gasteiger partial charge in [0.15, 0.2) is 0 Å². The molecule has 1 heterocycles. The van der Waals surface area contributed by atoms with Crippen LogP contribution < -0.4 is 10.1 Å². The molecule has 0 spiro atoms. The number of rotatable bonds is 9. The number of aliphatic hydroxyl groups excluding tert-OH is 1. The first-order valence-corrected chi connectivity index (χ1v) is 9.53. The molecule has 1 aliphatic heterocycles. The van der Waals surface area contributed by atoms with Crippen molar-refractivity contribution in [2.24, 2.45) is 5.92 Å². The van der Waals surface area contributed by atoms with Gasteiger partial charge in [-0.2, -0.15) is 0 Å². The van der Waals surface area contributed by atoms with E-state index in [1.54, 1.807) is 29.2 Å². The Morgan fingerprint density at radius 3 is 2.75 bits per heavy atom. The molecule has 28 heavy (non-hydrogen) atoms. The molecule has 2 amide bonds. The first kappa shape index (κ1) is 22.1. The third-order valence-corrected chi connectivity index (χ3v) is 5.01. The molecule has 1 aliphatic rings. The molecule has 0 aromatic heterocycles. The Morgan fingerprint density at radius 1 is 1.39 bits per heavy atom. The monoisotopic (exact) mass is 398 g/mol. The third-order valence-electron chi connectivity index (χ3n) is 5.01. The highest BCUT2D eigenvalue weighted by molar-refractivity contribution is 5.85. The van der Waals surface area contributed by atoms with E-state index in [2.05, 4.69) is 5.32 Å². The molecule has 1 saturated heterocycles. The molecule has 0 bridgehead atoms. The van der Waals surface area contributed by atoms with Gasteiger partial charge >= 0.3 is 0 Å². The molecule has 1 aromatic rings. The fraction of sp³-hybridized carbons (Fsp3) is 0.600. The Labute approximate surface area is 163 Å². The topological polar surface area (TPSA) is 78.9 Å². The van der Waals surface area contributed by atoms with E-state index in [0.717, 1.165) is 12.8 Å². The zero-order valence-electron chi connectivity index (χ0n) is 16.3. The maximum absolute atomic E-state index is 13.4. The quantitative estimate of drug-likeness (QED) is 0.670. The van der Waals surface area contributed by atoms with Crippen LogP contribution in [-0.4, -0.2) is 54.5 Å². The number of halogens is 2. The molecule has 2 unspecified atom stereocenters. The minimum absolute atomic E-state index is 0.0610. The van der Waals surface area contributed by atoms with E-state index in [4.69, 9.17) is 9.84 Å². The lowest BCUT2D eigenvalue weighted by Gasteiger charge is -2.41. The lowest BCUT2D eigenvalue weighted by molar-refractivity contribution is -0.144. The number of carbonyl (C=O) groups is 2. The van der Waals surface area contributed by atoms with Crippen molar-refractivity contribution in [2.75, 3.05) is 26.8 Å². The van der Waals surface area contributed by atoms with Crippen LogP contribution in [0.5, 0.6) is 5.75 Å². The van der Waals surface area contributed by atoms with E-state index in [9.17, 15) is 18.4 Å². The van der Waals surface area contributed by atoms with Crippen molar-refractivity contribution < 1.29 is 28.2 Å². The number of ether oxygens (including phenoxy) is 1. The van der Waals surface area contributed by atoms with Crippen molar-refractivity contribution >= 4 is 11.8 Å². The van der Waals surface area contributed by atoms with E-state index >= 15 is 0 Å². The van der Waals surface area contributed by atoms with Crippen LogP contribution in [0.2, 0.25) is 0 Å². The van der Waals surface area contributed by atoms with Gasteiger partial charge in [0, 0.05) is 18.5 Å². The summed E-state index contributed by atoms with van der Waals surface area (Å²) in [6.45, 7) is 0.206. The van der Waals surface area contributed by atoms with Crippen LogP contribution in [0, 0.1) is 5.92 Å². The number of amides is 2. The predicted octanol–water partition coefficient (Wildman–Crippen LogP) is 2.52. The van der Waals surface area contributed by atoms with Gasteiger partial charge < -0.3 is 20.1 Å².